The Hall–Kier alpha value is -9.70. The minimum Gasteiger partial charge on any atom is -0.484 e. The number of ether oxygens (including phenoxy) is 1. The smallest absolute Gasteiger partial charge is 0.143 e. The molecule has 3 aliphatic carbocycles. The van der Waals surface area contributed by atoms with Gasteiger partial charge in [-0.05, 0) is 198 Å². The standard InChI is InChI=1S/C76H51NO2/c1-5-13-49-33-53(21-17-45(49)9-1)57-27-31-73-67(37-57)69-43-61(55-23-19-47-11-3-7-15-51(47)35-55)41-63(75(69)78-73)59-25-29-71-65(39-59)66-40-60(26-30-72(66)77-71)64-42-62(56-24-20-48-12-4-8-16-52(48)36-56)44-70-68-38-58(28-32-74(68)79-76(64)70)54-22-18-46-10-2-6-14-50(46)34-54/h1,3-9,11-33,35-44,54,68,74,77H,2,10,34H2. The van der Waals surface area contributed by atoms with Gasteiger partial charge >= 0.3 is 0 Å². The summed E-state index contributed by atoms with van der Waals surface area (Å²) in [5.41, 5.74) is 21.0. The third kappa shape index (κ3) is 7.34. The quantitative estimate of drug-likeness (QED) is 0.180. The molecule has 0 spiro atoms. The van der Waals surface area contributed by atoms with E-state index < -0.39 is 0 Å². The maximum atomic E-state index is 7.14. The molecule has 372 valence electrons. The van der Waals surface area contributed by atoms with E-state index in [0.29, 0.717) is 5.92 Å². The van der Waals surface area contributed by atoms with Crippen molar-refractivity contribution in [3.63, 3.8) is 0 Å². The minimum atomic E-state index is -0.0774. The molecule has 13 aromatic rings. The molecule has 3 heterocycles. The molecule has 4 aliphatic rings. The average Bonchev–Trinajstić information content (AvgIpc) is 4.36. The van der Waals surface area contributed by atoms with Gasteiger partial charge in [0.1, 0.15) is 23.0 Å². The third-order valence-corrected chi connectivity index (χ3v) is 17.7. The average molecular weight is 1010 g/mol. The van der Waals surface area contributed by atoms with Crippen molar-refractivity contribution in [2.45, 2.75) is 31.3 Å². The summed E-state index contributed by atoms with van der Waals surface area (Å²) in [5.74, 6) is 1.42. The maximum absolute atomic E-state index is 7.14. The lowest BCUT2D eigenvalue weighted by molar-refractivity contribution is 0.268. The molecule has 79 heavy (non-hydrogen) atoms. The highest BCUT2D eigenvalue weighted by Crippen LogP contribution is 2.52. The fourth-order valence-electron chi connectivity index (χ4n) is 13.5. The van der Waals surface area contributed by atoms with Crippen molar-refractivity contribution >= 4 is 76.1 Å². The number of fused-ring (bicyclic) bond motifs is 12. The summed E-state index contributed by atoms with van der Waals surface area (Å²) in [4.78, 5) is 3.80. The van der Waals surface area contributed by atoms with Gasteiger partial charge in [0, 0.05) is 61.1 Å². The predicted molar refractivity (Wildman–Crippen MR) is 330 cm³/mol. The Labute approximate surface area is 457 Å². The van der Waals surface area contributed by atoms with E-state index in [1.54, 1.807) is 0 Å². The van der Waals surface area contributed by atoms with Gasteiger partial charge in [0.15, 0.2) is 0 Å². The fraction of sp³-hybridized carbons (Fsp3) is 0.0789. The second-order valence-electron chi connectivity index (χ2n) is 22.3. The summed E-state index contributed by atoms with van der Waals surface area (Å²) in [6.07, 6.45) is 19.9. The van der Waals surface area contributed by atoms with Crippen LogP contribution in [0.15, 0.2) is 270 Å². The molecule has 11 aromatic carbocycles. The molecule has 0 fully saturated rings. The Morgan fingerprint density at radius 1 is 0.418 bits per heavy atom. The van der Waals surface area contributed by atoms with Crippen molar-refractivity contribution < 1.29 is 9.15 Å². The Morgan fingerprint density at radius 2 is 0.975 bits per heavy atom. The van der Waals surface area contributed by atoms with Crippen LogP contribution in [0.2, 0.25) is 0 Å². The first-order valence-electron chi connectivity index (χ1n) is 27.9. The normalized spacial score (nSPS) is 17.6. The largest absolute Gasteiger partial charge is 0.484 e. The molecule has 3 nitrogen and oxygen atoms in total. The number of furan rings is 1. The van der Waals surface area contributed by atoms with E-state index in [9.17, 15) is 0 Å². The van der Waals surface area contributed by atoms with Crippen LogP contribution in [0, 0.1) is 5.92 Å². The summed E-state index contributed by atoms with van der Waals surface area (Å²) >= 11 is 0. The van der Waals surface area contributed by atoms with Gasteiger partial charge in [-0.25, -0.2) is 0 Å². The number of nitrogens with one attached hydrogen (secondary N) is 1. The van der Waals surface area contributed by atoms with Gasteiger partial charge in [-0.15, -0.1) is 0 Å². The SMILES string of the molecule is C1=CC2=C(C=CC(C3=CC4c5cc(-c6ccc7ccccc7c6)cc(-c6ccc7[nH]c8ccc(-c9cc(-c%10ccc%11ccccc%11c%10)cc%10c9oc9ccc(-c%11ccc%12ccccc%12c%11)cc9%10)cc8c7c6)c5OC4C=C3)C2)CC1. The molecule has 3 heteroatoms. The Kier molecular flexibility index (Phi) is 9.79. The van der Waals surface area contributed by atoms with E-state index in [4.69, 9.17) is 9.15 Å². The number of benzene rings is 11. The second-order valence-corrected chi connectivity index (χ2v) is 22.3. The number of hydrogen-bond donors (Lipinski definition) is 1. The number of allylic oxidation sites excluding steroid dienone is 8. The highest BCUT2D eigenvalue weighted by Gasteiger charge is 2.37. The molecule has 17 rings (SSSR count). The molecule has 1 aliphatic heterocycles. The van der Waals surface area contributed by atoms with Gasteiger partial charge in [0.05, 0.1) is 0 Å². The van der Waals surface area contributed by atoms with Crippen LogP contribution in [0.25, 0.3) is 132 Å². The molecule has 0 radical (unpaired) electrons. The molecule has 2 aromatic heterocycles. The van der Waals surface area contributed by atoms with Crippen molar-refractivity contribution in [1.82, 2.24) is 4.98 Å². The van der Waals surface area contributed by atoms with Gasteiger partial charge in [0.2, 0.25) is 0 Å². The molecule has 3 unspecified atom stereocenters. The van der Waals surface area contributed by atoms with Gasteiger partial charge < -0.3 is 14.1 Å². The lowest BCUT2D eigenvalue weighted by atomic mass is 9.78. The third-order valence-electron chi connectivity index (χ3n) is 17.7. The molecule has 0 bridgehead atoms. The number of H-pyrrole nitrogens is 1. The first-order valence-corrected chi connectivity index (χ1v) is 27.9. The molecule has 0 amide bonds. The van der Waals surface area contributed by atoms with Crippen LogP contribution in [0.1, 0.15) is 30.7 Å². The topological polar surface area (TPSA) is 38.2 Å². The van der Waals surface area contributed by atoms with Gasteiger partial charge in [-0.1, -0.05) is 164 Å². The van der Waals surface area contributed by atoms with E-state index in [1.165, 1.54) is 76.9 Å². The number of aromatic nitrogens is 1. The second kappa shape index (κ2) is 17.4. The molecule has 0 saturated carbocycles. The summed E-state index contributed by atoms with van der Waals surface area (Å²) in [5, 5.41) is 11.9. The summed E-state index contributed by atoms with van der Waals surface area (Å²) in [6, 6.07) is 76.1. The van der Waals surface area contributed by atoms with Crippen molar-refractivity contribution in [3.8, 4) is 61.4 Å². The highest BCUT2D eigenvalue weighted by atomic mass is 16.5. The molecule has 3 atom stereocenters. The van der Waals surface area contributed by atoms with Crippen LogP contribution in [0.3, 0.4) is 0 Å². The van der Waals surface area contributed by atoms with E-state index >= 15 is 0 Å². The van der Waals surface area contributed by atoms with E-state index in [-0.39, 0.29) is 12.0 Å². The van der Waals surface area contributed by atoms with Crippen molar-refractivity contribution in [1.29, 1.82) is 0 Å². The van der Waals surface area contributed by atoms with Crippen molar-refractivity contribution in [2.75, 3.05) is 0 Å². The van der Waals surface area contributed by atoms with Gasteiger partial charge in [-0.3, -0.25) is 0 Å². The number of rotatable bonds is 6. The zero-order chi connectivity index (χ0) is 51.7. The first-order chi connectivity index (χ1) is 39.0. The molecular formula is C76H51NO2. The van der Waals surface area contributed by atoms with E-state index in [1.807, 2.05) is 0 Å². The highest BCUT2D eigenvalue weighted by molar-refractivity contribution is 6.15. The van der Waals surface area contributed by atoms with Crippen LogP contribution < -0.4 is 4.74 Å². The monoisotopic (exact) mass is 1010 g/mol. The number of aromatic amines is 1. The van der Waals surface area contributed by atoms with Crippen molar-refractivity contribution in [2.24, 2.45) is 5.92 Å². The van der Waals surface area contributed by atoms with Gasteiger partial charge in [0.25, 0.3) is 0 Å². The Morgan fingerprint density at radius 3 is 1.66 bits per heavy atom. The lowest BCUT2D eigenvalue weighted by Gasteiger charge is -2.27. The fourth-order valence-corrected chi connectivity index (χ4v) is 13.5. The van der Waals surface area contributed by atoms with Crippen LogP contribution in [-0.4, -0.2) is 11.1 Å². The number of hydrogen-bond acceptors (Lipinski definition) is 2. The van der Waals surface area contributed by atoms with Gasteiger partial charge in [-0.2, -0.15) is 0 Å². The lowest BCUT2D eigenvalue weighted by Crippen LogP contribution is -2.19. The minimum absolute atomic E-state index is 0.0774. The maximum Gasteiger partial charge on any atom is 0.143 e. The molecule has 1 N–H and O–H groups in total. The van der Waals surface area contributed by atoms with Crippen LogP contribution in [0.4, 0.5) is 0 Å². The predicted octanol–water partition coefficient (Wildman–Crippen LogP) is 20.6. The summed E-state index contributed by atoms with van der Waals surface area (Å²) < 4.78 is 14.1. The first kappa shape index (κ1) is 44.4. The molecular weight excluding hydrogens is 959 g/mol. The van der Waals surface area contributed by atoms with Crippen LogP contribution in [0.5, 0.6) is 5.75 Å². The Balaban J connectivity index is 0.816. The van der Waals surface area contributed by atoms with Crippen molar-refractivity contribution in [3.05, 3.63) is 271 Å². The zero-order valence-corrected chi connectivity index (χ0v) is 43.3. The Bertz CT molecular complexity index is 4930. The van der Waals surface area contributed by atoms with Crippen LogP contribution in [-0.2, 0) is 0 Å². The summed E-state index contributed by atoms with van der Waals surface area (Å²) in [7, 11) is 0. The summed E-state index contributed by atoms with van der Waals surface area (Å²) in [6.45, 7) is 0. The van der Waals surface area contributed by atoms with E-state index in [2.05, 4.69) is 254 Å². The van der Waals surface area contributed by atoms with E-state index in [0.717, 1.165) is 102 Å². The zero-order valence-electron chi connectivity index (χ0n) is 43.3. The van der Waals surface area contributed by atoms with Crippen LogP contribution >= 0.6 is 0 Å². The molecule has 0 saturated heterocycles.